The Bertz CT molecular complexity index is 398. The van der Waals surface area contributed by atoms with Gasteiger partial charge in [-0.1, -0.05) is 17.7 Å². The molecule has 1 aliphatic heterocycles. The van der Waals surface area contributed by atoms with Crippen LogP contribution in [-0.2, 0) is 6.54 Å². The zero-order valence-electron chi connectivity index (χ0n) is 9.92. The van der Waals surface area contributed by atoms with Crippen LogP contribution in [0.5, 0.6) is 0 Å². The highest BCUT2D eigenvalue weighted by atomic mass is 35.5. The largest absolute Gasteiger partial charge is 0.390 e. The Labute approximate surface area is 106 Å². The van der Waals surface area contributed by atoms with Gasteiger partial charge in [0.1, 0.15) is 5.82 Å². The summed E-state index contributed by atoms with van der Waals surface area (Å²) in [4.78, 5) is 2.25. The number of piperidine rings is 1. The van der Waals surface area contributed by atoms with E-state index in [4.69, 9.17) is 11.6 Å². The number of hydrogen-bond acceptors (Lipinski definition) is 2. The summed E-state index contributed by atoms with van der Waals surface area (Å²) in [6.07, 6.45) is 1.56. The number of aliphatic hydroxyl groups is 1. The Morgan fingerprint density at radius 3 is 2.65 bits per heavy atom. The molecule has 0 unspecified atom stereocenters. The first kappa shape index (κ1) is 12.8. The molecular formula is C13H17ClFNO. The topological polar surface area (TPSA) is 23.5 Å². The van der Waals surface area contributed by atoms with Gasteiger partial charge < -0.3 is 5.11 Å². The van der Waals surface area contributed by atoms with Gasteiger partial charge in [-0.15, -0.1) is 0 Å². The fourth-order valence-electron chi connectivity index (χ4n) is 2.09. The van der Waals surface area contributed by atoms with Gasteiger partial charge in [0.25, 0.3) is 0 Å². The summed E-state index contributed by atoms with van der Waals surface area (Å²) < 4.78 is 13.0. The molecule has 4 heteroatoms. The van der Waals surface area contributed by atoms with Crippen molar-refractivity contribution in [3.05, 3.63) is 34.6 Å². The number of rotatable bonds is 2. The van der Waals surface area contributed by atoms with Gasteiger partial charge in [0.15, 0.2) is 0 Å². The second kappa shape index (κ2) is 4.92. The predicted molar refractivity (Wildman–Crippen MR) is 66.5 cm³/mol. The lowest BCUT2D eigenvalue weighted by atomic mass is 9.93. The van der Waals surface area contributed by atoms with Crippen LogP contribution in [0, 0.1) is 5.82 Å². The van der Waals surface area contributed by atoms with E-state index >= 15 is 0 Å². The summed E-state index contributed by atoms with van der Waals surface area (Å²) in [5.41, 5.74) is 0.481. The van der Waals surface area contributed by atoms with Crippen molar-refractivity contribution in [2.45, 2.75) is 31.9 Å². The number of hydrogen-bond donors (Lipinski definition) is 1. The monoisotopic (exact) mass is 257 g/mol. The van der Waals surface area contributed by atoms with Gasteiger partial charge in [-0.25, -0.2) is 4.39 Å². The number of nitrogens with zero attached hydrogens (tertiary/aromatic N) is 1. The first-order chi connectivity index (χ1) is 7.96. The lowest BCUT2D eigenvalue weighted by Gasteiger charge is -2.35. The van der Waals surface area contributed by atoms with E-state index in [2.05, 4.69) is 4.90 Å². The Kier molecular flexibility index (Phi) is 3.71. The number of benzene rings is 1. The molecule has 0 amide bonds. The molecule has 0 aromatic heterocycles. The van der Waals surface area contributed by atoms with Crippen molar-refractivity contribution in [3.8, 4) is 0 Å². The molecule has 0 radical (unpaired) electrons. The van der Waals surface area contributed by atoms with Crippen LogP contribution in [0.4, 0.5) is 4.39 Å². The minimum Gasteiger partial charge on any atom is -0.390 e. The molecule has 2 nitrogen and oxygen atoms in total. The fourth-order valence-corrected chi connectivity index (χ4v) is 2.29. The number of halogens is 2. The summed E-state index contributed by atoms with van der Waals surface area (Å²) >= 11 is 5.74. The zero-order valence-corrected chi connectivity index (χ0v) is 10.7. The predicted octanol–water partition coefficient (Wildman–Crippen LogP) is 2.83. The van der Waals surface area contributed by atoms with Crippen molar-refractivity contribution in [1.29, 1.82) is 0 Å². The van der Waals surface area contributed by atoms with Crippen LogP contribution >= 0.6 is 11.6 Å². The molecule has 1 aromatic carbocycles. The molecule has 1 N–H and O–H groups in total. The summed E-state index contributed by atoms with van der Waals surface area (Å²) in [5.74, 6) is -0.378. The lowest BCUT2D eigenvalue weighted by molar-refractivity contribution is -0.00730. The Hall–Kier alpha value is -0.640. The maximum Gasteiger partial charge on any atom is 0.141 e. The first-order valence-electron chi connectivity index (χ1n) is 5.85. The molecule has 0 spiro atoms. The van der Waals surface area contributed by atoms with E-state index in [0.29, 0.717) is 0 Å². The Morgan fingerprint density at radius 2 is 2.06 bits per heavy atom. The van der Waals surface area contributed by atoms with Crippen LogP contribution in [0.3, 0.4) is 0 Å². The molecule has 1 heterocycles. The Balaban J connectivity index is 1.95. The third kappa shape index (κ3) is 3.41. The molecular weight excluding hydrogens is 241 g/mol. The van der Waals surface area contributed by atoms with E-state index in [1.54, 1.807) is 12.1 Å². The highest BCUT2D eigenvalue weighted by molar-refractivity contribution is 6.30. The van der Waals surface area contributed by atoms with Gasteiger partial charge in [-0.2, -0.15) is 0 Å². The van der Waals surface area contributed by atoms with E-state index < -0.39 is 5.60 Å². The molecule has 94 valence electrons. The highest BCUT2D eigenvalue weighted by Gasteiger charge is 2.27. The SMILES string of the molecule is CC1(O)CCN(Cc2ccc(F)c(Cl)c2)CC1. The average molecular weight is 258 g/mol. The minimum atomic E-state index is -0.531. The van der Waals surface area contributed by atoms with Gasteiger partial charge in [0, 0.05) is 19.6 Å². The molecule has 1 saturated heterocycles. The van der Waals surface area contributed by atoms with Gasteiger partial charge in [-0.3, -0.25) is 4.90 Å². The van der Waals surface area contributed by atoms with Crippen LogP contribution in [0.2, 0.25) is 5.02 Å². The molecule has 0 bridgehead atoms. The van der Waals surface area contributed by atoms with Crippen LogP contribution in [0.25, 0.3) is 0 Å². The van der Waals surface area contributed by atoms with E-state index in [-0.39, 0.29) is 10.8 Å². The van der Waals surface area contributed by atoms with Crippen molar-refractivity contribution in [3.63, 3.8) is 0 Å². The van der Waals surface area contributed by atoms with Gasteiger partial charge in [0.05, 0.1) is 10.6 Å². The molecule has 1 fully saturated rings. The van der Waals surface area contributed by atoms with Crippen molar-refractivity contribution < 1.29 is 9.50 Å². The summed E-state index contributed by atoms with van der Waals surface area (Å²) in [6.45, 7) is 4.36. The minimum absolute atomic E-state index is 0.173. The summed E-state index contributed by atoms with van der Waals surface area (Å²) in [7, 11) is 0. The van der Waals surface area contributed by atoms with Crippen molar-refractivity contribution in [2.24, 2.45) is 0 Å². The van der Waals surface area contributed by atoms with Crippen LogP contribution in [-0.4, -0.2) is 28.7 Å². The van der Waals surface area contributed by atoms with Gasteiger partial charge in [0.2, 0.25) is 0 Å². The van der Waals surface area contributed by atoms with Gasteiger partial charge >= 0.3 is 0 Å². The summed E-state index contributed by atoms with van der Waals surface area (Å²) in [5, 5.41) is 10.0. The van der Waals surface area contributed by atoms with E-state index in [0.717, 1.165) is 38.0 Å². The Morgan fingerprint density at radius 1 is 1.41 bits per heavy atom. The van der Waals surface area contributed by atoms with E-state index in [1.165, 1.54) is 6.07 Å². The molecule has 0 aliphatic carbocycles. The smallest absolute Gasteiger partial charge is 0.141 e. The standard InChI is InChI=1S/C13H17ClFNO/c1-13(17)4-6-16(7-5-13)9-10-2-3-12(15)11(14)8-10/h2-3,8,17H,4-7,9H2,1H3. The fraction of sp³-hybridized carbons (Fsp3) is 0.538. The summed E-state index contributed by atoms with van der Waals surface area (Å²) in [6, 6.07) is 4.83. The second-order valence-corrected chi connectivity index (χ2v) is 5.43. The quantitative estimate of drug-likeness (QED) is 0.881. The van der Waals surface area contributed by atoms with Crippen LogP contribution < -0.4 is 0 Å². The molecule has 0 saturated carbocycles. The maximum atomic E-state index is 13.0. The molecule has 17 heavy (non-hydrogen) atoms. The van der Waals surface area contributed by atoms with Crippen molar-refractivity contribution in [1.82, 2.24) is 4.90 Å². The van der Waals surface area contributed by atoms with E-state index in [9.17, 15) is 9.50 Å². The number of likely N-dealkylation sites (tertiary alicyclic amines) is 1. The van der Waals surface area contributed by atoms with Crippen LogP contribution in [0.1, 0.15) is 25.3 Å². The van der Waals surface area contributed by atoms with Crippen molar-refractivity contribution >= 4 is 11.6 Å². The normalized spacial score (nSPS) is 20.5. The lowest BCUT2D eigenvalue weighted by Crippen LogP contribution is -2.41. The second-order valence-electron chi connectivity index (χ2n) is 5.02. The first-order valence-corrected chi connectivity index (χ1v) is 6.23. The molecule has 1 aromatic rings. The highest BCUT2D eigenvalue weighted by Crippen LogP contribution is 2.23. The third-order valence-electron chi connectivity index (χ3n) is 3.32. The average Bonchev–Trinajstić information content (AvgIpc) is 2.27. The molecule has 2 rings (SSSR count). The zero-order chi connectivity index (χ0) is 12.5. The third-order valence-corrected chi connectivity index (χ3v) is 3.61. The van der Waals surface area contributed by atoms with E-state index in [1.807, 2.05) is 6.92 Å². The maximum absolute atomic E-state index is 13.0. The van der Waals surface area contributed by atoms with Crippen molar-refractivity contribution in [2.75, 3.05) is 13.1 Å². The van der Waals surface area contributed by atoms with Crippen LogP contribution in [0.15, 0.2) is 18.2 Å². The molecule has 1 aliphatic rings. The van der Waals surface area contributed by atoms with Gasteiger partial charge in [-0.05, 0) is 37.5 Å². The molecule has 0 atom stereocenters.